The number of nitrogens with zero attached hydrogens (tertiary/aromatic N) is 1. The van der Waals surface area contributed by atoms with Crippen LogP contribution >= 0.6 is 11.8 Å². The number of likely N-dealkylation sites (N-methyl/N-ethyl adjacent to an activating group) is 1. The summed E-state index contributed by atoms with van der Waals surface area (Å²) in [6.45, 7) is 4.07. The van der Waals surface area contributed by atoms with E-state index in [1.807, 2.05) is 36.0 Å². The molecule has 0 spiro atoms. The number of hydrogen-bond acceptors (Lipinski definition) is 8. The molecule has 1 amide bonds. The Kier molecular flexibility index (Phi) is 12.7. The molecule has 0 fully saturated rings. The highest BCUT2D eigenvalue weighted by Gasteiger charge is 2.30. The zero-order valence-electron chi connectivity index (χ0n) is 24.4. The number of primary amides is 1. The molecule has 1 atom stereocenters. The summed E-state index contributed by atoms with van der Waals surface area (Å²) in [5.41, 5.74) is 8.34. The molecule has 3 aromatic carbocycles. The molecule has 0 unspecified atom stereocenters. The van der Waals surface area contributed by atoms with Crippen LogP contribution in [0.1, 0.15) is 30.9 Å². The third kappa shape index (κ3) is 9.65. The summed E-state index contributed by atoms with van der Waals surface area (Å²) in [6, 6.07) is 26.2. The van der Waals surface area contributed by atoms with Gasteiger partial charge < -0.3 is 35.6 Å². The second kappa shape index (κ2) is 16.4. The first-order valence-electron chi connectivity index (χ1n) is 13.9. The number of hydrogen-bond donors (Lipinski definition) is 4. The number of carbonyl (C=O) groups excluding carboxylic acids is 1. The lowest BCUT2D eigenvalue weighted by atomic mass is 9.92. The van der Waals surface area contributed by atoms with Crippen LogP contribution in [0.15, 0.2) is 78.9 Å². The summed E-state index contributed by atoms with van der Waals surface area (Å²) in [5, 5.41) is 20.0. The van der Waals surface area contributed by atoms with Crippen molar-refractivity contribution in [2.45, 2.75) is 30.6 Å². The van der Waals surface area contributed by atoms with Crippen molar-refractivity contribution in [2.75, 3.05) is 44.0 Å². The van der Waals surface area contributed by atoms with Gasteiger partial charge in [-0.05, 0) is 43.7 Å². The van der Waals surface area contributed by atoms with E-state index in [4.69, 9.17) is 25.4 Å². The van der Waals surface area contributed by atoms with E-state index >= 15 is 0 Å². The number of benzene rings is 3. The maximum atomic E-state index is 10.9. The number of nitrogens with two attached hydrogens (primary N) is 1. The van der Waals surface area contributed by atoms with Crippen LogP contribution in [0, 0.1) is 0 Å². The van der Waals surface area contributed by atoms with Crippen LogP contribution in [0.25, 0.3) is 0 Å². The number of rotatable bonds is 14. The van der Waals surface area contributed by atoms with E-state index in [1.165, 1.54) is 18.2 Å². The SMILES string of the molecule is CC(SCCN1CCOc2c(OCC(=O)O)cccc21)(c1ccccc1)c1ccccc1.CN[C@H](CCC(N)=O)C(=O)O. The van der Waals surface area contributed by atoms with Crippen LogP contribution in [-0.2, 0) is 19.1 Å². The molecule has 1 aliphatic heterocycles. The highest BCUT2D eigenvalue weighted by Crippen LogP contribution is 2.44. The Labute approximate surface area is 256 Å². The predicted molar refractivity (Wildman–Crippen MR) is 168 cm³/mol. The Balaban J connectivity index is 0.000000393. The second-order valence-corrected chi connectivity index (χ2v) is 11.4. The summed E-state index contributed by atoms with van der Waals surface area (Å²) in [4.78, 5) is 33.8. The summed E-state index contributed by atoms with van der Waals surface area (Å²) in [6.07, 6.45) is 0.332. The monoisotopic (exact) mass is 609 g/mol. The molecule has 3 aromatic rings. The summed E-state index contributed by atoms with van der Waals surface area (Å²) in [5.74, 6) is -0.437. The van der Waals surface area contributed by atoms with E-state index in [9.17, 15) is 14.4 Å². The van der Waals surface area contributed by atoms with Crippen molar-refractivity contribution in [2.24, 2.45) is 5.73 Å². The molecular weight excluding hydrogens is 570 g/mol. The fourth-order valence-electron chi connectivity index (χ4n) is 4.65. The van der Waals surface area contributed by atoms with Crippen LogP contribution in [0.3, 0.4) is 0 Å². The number of para-hydroxylation sites is 1. The zero-order valence-corrected chi connectivity index (χ0v) is 25.2. The summed E-state index contributed by atoms with van der Waals surface area (Å²) < 4.78 is 11.1. The van der Waals surface area contributed by atoms with Gasteiger partial charge in [-0.15, -0.1) is 11.8 Å². The number of amides is 1. The van der Waals surface area contributed by atoms with Crippen molar-refractivity contribution in [1.82, 2.24) is 5.32 Å². The first kappa shape index (κ1) is 33.3. The Morgan fingerprint density at radius 1 is 1.02 bits per heavy atom. The van der Waals surface area contributed by atoms with Crippen LogP contribution in [0.4, 0.5) is 5.69 Å². The van der Waals surface area contributed by atoms with Crippen LogP contribution in [0.5, 0.6) is 11.5 Å². The van der Waals surface area contributed by atoms with Crippen LogP contribution in [0.2, 0.25) is 0 Å². The third-order valence-corrected chi connectivity index (χ3v) is 8.42. The highest BCUT2D eigenvalue weighted by atomic mass is 32.2. The van der Waals surface area contributed by atoms with E-state index < -0.39 is 23.9 Å². The maximum Gasteiger partial charge on any atom is 0.341 e. The molecule has 5 N–H and O–H groups in total. The normalized spacial score (nSPS) is 13.0. The molecular formula is C32H39N3O7S. The lowest BCUT2D eigenvalue weighted by Crippen LogP contribution is -2.35. The van der Waals surface area contributed by atoms with Crippen molar-refractivity contribution in [3.63, 3.8) is 0 Å². The highest BCUT2D eigenvalue weighted by molar-refractivity contribution is 8.00. The minimum absolute atomic E-state index is 0.0950. The molecule has 1 heterocycles. The quantitative estimate of drug-likeness (QED) is 0.211. The molecule has 10 nitrogen and oxygen atoms in total. The minimum atomic E-state index is -1.01. The molecule has 0 radical (unpaired) electrons. The molecule has 4 rings (SSSR count). The van der Waals surface area contributed by atoms with Gasteiger partial charge in [-0.2, -0.15) is 0 Å². The molecule has 0 bridgehead atoms. The van der Waals surface area contributed by atoms with Crippen molar-refractivity contribution >= 4 is 35.3 Å². The summed E-state index contributed by atoms with van der Waals surface area (Å²) in [7, 11) is 1.53. The van der Waals surface area contributed by atoms with E-state index in [0.717, 1.165) is 24.5 Å². The van der Waals surface area contributed by atoms with E-state index in [-0.39, 0.29) is 24.2 Å². The number of fused-ring (bicyclic) bond motifs is 1. The molecule has 11 heteroatoms. The van der Waals surface area contributed by atoms with Gasteiger partial charge in [-0.1, -0.05) is 66.7 Å². The Morgan fingerprint density at radius 3 is 2.19 bits per heavy atom. The number of ether oxygens (including phenoxy) is 2. The van der Waals surface area contributed by atoms with Crippen molar-refractivity contribution in [3.05, 3.63) is 90.0 Å². The Hall–Kier alpha value is -4.22. The van der Waals surface area contributed by atoms with Gasteiger partial charge in [0.05, 0.1) is 17.0 Å². The summed E-state index contributed by atoms with van der Waals surface area (Å²) >= 11 is 1.93. The fourth-order valence-corrected chi connectivity index (χ4v) is 5.97. The molecule has 1 aliphatic rings. The van der Waals surface area contributed by atoms with E-state index in [0.29, 0.717) is 18.1 Å². The smallest absolute Gasteiger partial charge is 0.341 e. The molecule has 0 aliphatic carbocycles. The van der Waals surface area contributed by atoms with Gasteiger partial charge >= 0.3 is 11.9 Å². The first-order valence-corrected chi connectivity index (χ1v) is 14.9. The van der Waals surface area contributed by atoms with Gasteiger partial charge in [0.15, 0.2) is 18.1 Å². The lowest BCUT2D eigenvalue weighted by Gasteiger charge is -2.34. The predicted octanol–water partition coefficient (Wildman–Crippen LogP) is 3.97. The number of carboxylic acid groups (broad SMARTS) is 2. The number of thioether (sulfide) groups is 1. The molecule has 230 valence electrons. The Bertz CT molecular complexity index is 1300. The van der Waals surface area contributed by atoms with Crippen LogP contribution < -0.4 is 25.4 Å². The number of carboxylic acids is 2. The van der Waals surface area contributed by atoms with E-state index in [2.05, 4.69) is 65.7 Å². The number of carbonyl (C=O) groups is 3. The largest absolute Gasteiger partial charge is 0.486 e. The van der Waals surface area contributed by atoms with Crippen LogP contribution in [-0.4, -0.2) is 73.2 Å². The average Bonchev–Trinajstić information content (AvgIpc) is 3.01. The first-order chi connectivity index (χ1) is 20.7. The minimum Gasteiger partial charge on any atom is -0.486 e. The van der Waals surface area contributed by atoms with Crippen molar-refractivity contribution in [1.29, 1.82) is 0 Å². The average molecular weight is 610 g/mol. The van der Waals surface area contributed by atoms with Crippen molar-refractivity contribution < 1.29 is 34.1 Å². The van der Waals surface area contributed by atoms with Gasteiger partial charge in [0.25, 0.3) is 0 Å². The second-order valence-electron chi connectivity index (χ2n) is 9.92. The van der Waals surface area contributed by atoms with Crippen molar-refractivity contribution in [3.8, 4) is 11.5 Å². The molecule has 43 heavy (non-hydrogen) atoms. The fraction of sp³-hybridized carbons (Fsp3) is 0.344. The maximum absolute atomic E-state index is 10.9. The number of nitrogens with one attached hydrogen (secondary N) is 1. The van der Waals surface area contributed by atoms with E-state index in [1.54, 1.807) is 6.07 Å². The topological polar surface area (TPSA) is 151 Å². The lowest BCUT2D eigenvalue weighted by molar-refractivity contribution is -0.140. The Morgan fingerprint density at radius 2 is 1.65 bits per heavy atom. The molecule has 0 aromatic heterocycles. The number of anilines is 1. The molecule has 0 saturated heterocycles. The zero-order chi connectivity index (χ0) is 31.2. The van der Waals surface area contributed by atoms with Gasteiger partial charge in [-0.25, -0.2) is 4.79 Å². The van der Waals surface area contributed by atoms with Gasteiger partial charge in [0.1, 0.15) is 12.6 Å². The third-order valence-electron chi connectivity index (χ3n) is 6.98. The van der Waals surface area contributed by atoms with Gasteiger partial charge in [-0.3, -0.25) is 9.59 Å². The molecule has 0 saturated carbocycles. The number of aliphatic carboxylic acids is 2. The van der Waals surface area contributed by atoms with Gasteiger partial charge in [0.2, 0.25) is 5.91 Å². The standard InChI is InChI=1S/C26H27NO4S.C6H12N2O3/c1-26(20-9-4-2-5-10-20,21-11-6-3-7-12-21)32-18-16-27-15-17-30-25-22(27)13-8-14-23(25)31-19-24(28)29;1-8-4(6(10)11)2-3-5(7)9/h2-14H,15-19H2,1H3,(H,28,29);4,8H,2-3H2,1H3,(H2,7,9)(H,10,11)/t;4-/m.1/s1. The van der Waals surface area contributed by atoms with Gasteiger partial charge in [0, 0.05) is 18.7 Å².